The van der Waals surface area contributed by atoms with Crippen molar-refractivity contribution >= 4 is 26.0 Å². The standard InChI is InChI=1S/C12H16BrFN2O2S/c1-8-11(3-2-6-15-8)16-19(17,18)12-5-4-9(13)7-10(12)14/h4-5,7-8,11,15-16H,2-3,6H2,1H3. The van der Waals surface area contributed by atoms with E-state index in [0.29, 0.717) is 4.47 Å². The first-order valence-electron chi connectivity index (χ1n) is 6.11. The van der Waals surface area contributed by atoms with E-state index >= 15 is 0 Å². The maximum atomic E-state index is 13.7. The van der Waals surface area contributed by atoms with E-state index in [2.05, 4.69) is 26.0 Å². The summed E-state index contributed by atoms with van der Waals surface area (Å²) < 4.78 is 41.2. The molecule has 2 unspecified atom stereocenters. The molecule has 0 spiro atoms. The van der Waals surface area contributed by atoms with E-state index in [1.807, 2.05) is 6.92 Å². The highest BCUT2D eigenvalue weighted by Gasteiger charge is 2.28. The molecule has 4 nitrogen and oxygen atoms in total. The minimum atomic E-state index is -3.83. The average Bonchev–Trinajstić information content (AvgIpc) is 2.31. The predicted molar refractivity (Wildman–Crippen MR) is 74.9 cm³/mol. The first-order chi connectivity index (χ1) is 8.90. The third kappa shape index (κ3) is 3.53. The smallest absolute Gasteiger partial charge is 0.243 e. The van der Waals surface area contributed by atoms with Crippen molar-refractivity contribution in [2.75, 3.05) is 6.54 Å². The quantitative estimate of drug-likeness (QED) is 0.876. The van der Waals surface area contributed by atoms with Crippen molar-refractivity contribution in [3.8, 4) is 0 Å². The molecule has 0 radical (unpaired) electrons. The van der Waals surface area contributed by atoms with Crippen molar-refractivity contribution < 1.29 is 12.8 Å². The van der Waals surface area contributed by atoms with Crippen molar-refractivity contribution in [2.45, 2.75) is 36.7 Å². The van der Waals surface area contributed by atoms with Crippen LogP contribution in [0, 0.1) is 5.82 Å². The van der Waals surface area contributed by atoms with Gasteiger partial charge in [0.15, 0.2) is 0 Å². The molecule has 1 aromatic rings. The lowest BCUT2D eigenvalue weighted by molar-refractivity contribution is 0.348. The van der Waals surface area contributed by atoms with Crippen molar-refractivity contribution in [3.63, 3.8) is 0 Å². The van der Waals surface area contributed by atoms with Gasteiger partial charge in [0.25, 0.3) is 0 Å². The summed E-state index contributed by atoms with van der Waals surface area (Å²) in [6.45, 7) is 2.80. The lowest BCUT2D eigenvalue weighted by atomic mass is 10.0. The van der Waals surface area contributed by atoms with Gasteiger partial charge in [0.1, 0.15) is 10.7 Å². The maximum absolute atomic E-state index is 13.7. The zero-order valence-corrected chi connectivity index (χ0v) is 12.9. The van der Waals surface area contributed by atoms with E-state index in [0.717, 1.165) is 25.5 Å². The van der Waals surface area contributed by atoms with Crippen LogP contribution in [0.25, 0.3) is 0 Å². The molecular weight excluding hydrogens is 335 g/mol. The van der Waals surface area contributed by atoms with Gasteiger partial charge < -0.3 is 5.32 Å². The van der Waals surface area contributed by atoms with Gasteiger partial charge in [-0.25, -0.2) is 17.5 Å². The van der Waals surface area contributed by atoms with Gasteiger partial charge >= 0.3 is 0 Å². The highest BCUT2D eigenvalue weighted by atomic mass is 79.9. The summed E-state index contributed by atoms with van der Waals surface area (Å²) in [5.74, 6) is -0.752. The zero-order chi connectivity index (χ0) is 14.0. The normalized spacial score (nSPS) is 24.4. The van der Waals surface area contributed by atoms with Gasteiger partial charge in [0.2, 0.25) is 10.0 Å². The predicted octanol–water partition coefficient (Wildman–Crippen LogP) is 2.01. The highest BCUT2D eigenvalue weighted by molar-refractivity contribution is 9.10. The molecule has 1 aliphatic rings. The van der Waals surface area contributed by atoms with Gasteiger partial charge in [-0.15, -0.1) is 0 Å². The van der Waals surface area contributed by atoms with Gasteiger partial charge in [-0.2, -0.15) is 0 Å². The van der Waals surface area contributed by atoms with Gasteiger partial charge in [-0.1, -0.05) is 15.9 Å². The van der Waals surface area contributed by atoms with E-state index in [4.69, 9.17) is 0 Å². The average molecular weight is 351 g/mol. The SMILES string of the molecule is CC1NCCCC1NS(=O)(=O)c1ccc(Br)cc1F. The van der Waals surface area contributed by atoms with Gasteiger partial charge in [-0.3, -0.25) is 0 Å². The number of hydrogen-bond donors (Lipinski definition) is 2. The van der Waals surface area contributed by atoms with Crippen LogP contribution in [-0.2, 0) is 10.0 Å². The maximum Gasteiger partial charge on any atom is 0.243 e. The first-order valence-corrected chi connectivity index (χ1v) is 8.38. The molecule has 0 aliphatic carbocycles. The Hall–Kier alpha value is -0.500. The Morgan fingerprint density at radius 3 is 2.84 bits per heavy atom. The Labute approximate surface area is 121 Å². The topological polar surface area (TPSA) is 58.2 Å². The molecule has 0 aromatic heterocycles. The monoisotopic (exact) mass is 350 g/mol. The molecule has 1 saturated heterocycles. The van der Waals surface area contributed by atoms with Crippen LogP contribution in [0.4, 0.5) is 4.39 Å². The fourth-order valence-corrected chi connectivity index (χ4v) is 3.90. The largest absolute Gasteiger partial charge is 0.313 e. The number of benzene rings is 1. The van der Waals surface area contributed by atoms with Crippen LogP contribution in [0.3, 0.4) is 0 Å². The first kappa shape index (κ1) is 14.9. The third-order valence-electron chi connectivity index (χ3n) is 3.25. The third-order valence-corrected chi connectivity index (χ3v) is 5.27. The molecule has 1 aliphatic heterocycles. The van der Waals surface area contributed by atoms with Crippen LogP contribution in [-0.4, -0.2) is 27.0 Å². The summed E-state index contributed by atoms with van der Waals surface area (Å²) in [4.78, 5) is -0.312. The van der Waals surface area contributed by atoms with Crippen molar-refractivity contribution in [3.05, 3.63) is 28.5 Å². The van der Waals surface area contributed by atoms with Gasteiger partial charge in [0.05, 0.1) is 0 Å². The molecule has 1 heterocycles. The molecule has 1 aromatic carbocycles. The van der Waals surface area contributed by atoms with E-state index in [9.17, 15) is 12.8 Å². The van der Waals surface area contributed by atoms with Crippen LogP contribution >= 0.6 is 15.9 Å². The molecule has 0 saturated carbocycles. The van der Waals surface area contributed by atoms with Crippen molar-refractivity contribution in [1.82, 2.24) is 10.0 Å². The number of rotatable bonds is 3. The summed E-state index contributed by atoms with van der Waals surface area (Å²) in [6.07, 6.45) is 1.66. The lowest BCUT2D eigenvalue weighted by Crippen LogP contribution is -2.51. The molecule has 7 heteroatoms. The molecule has 0 amide bonds. The molecule has 2 rings (SSSR count). The molecular formula is C12H16BrFN2O2S. The Morgan fingerprint density at radius 1 is 1.47 bits per heavy atom. The Kier molecular flexibility index (Phi) is 4.60. The van der Waals surface area contributed by atoms with Crippen molar-refractivity contribution in [2.24, 2.45) is 0 Å². The molecule has 2 atom stereocenters. The molecule has 106 valence electrons. The molecule has 2 N–H and O–H groups in total. The fraction of sp³-hybridized carbons (Fsp3) is 0.500. The number of nitrogens with one attached hydrogen (secondary N) is 2. The zero-order valence-electron chi connectivity index (χ0n) is 10.5. The number of hydrogen-bond acceptors (Lipinski definition) is 3. The Morgan fingerprint density at radius 2 is 2.21 bits per heavy atom. The second-order valence-corrected chi connectivity index (χ2v) is 7.29. The van der Waals surface area contributed by atoms with Crippen LogP contribution in [0.5, 0.6) is 0 Å². The summed E-state index contributed by atoms with van der Waals surface area (Å²) in [5, 5.41) is 3.20. The second kappa shape index (κ2) is 5.87. The molecule has 1 fully saturated rings. The van der Waals surface area contributed by atoms with Crippen LogP contribution in [0.15, 0.2) is 27.6 Å². The number of sulfonamides is 1. The van der Waals surface area contributed by atoms with E-state index in [-0.39, 0.29) is 17.0 Å². The second-order valence-electron chi connectivity index (χ2n) is 4.69. The highest BCUT2D eigenvalue weighted by Crippen LogP contribution is 2.20. The lowest BCUT2D eigenvalue weighted by Gasteiger charge is -2.30. The summed E-state index contributed by atoms with van der Waals surface area (Å²) in [6, 6.07) is 3.77. The van der Waals surface area contributed by atoms with Crippen LogP contribution in [0.1, 0.15) is 19.8 Å². The Balaban J connectivity index is 2.22. The molecule has 19 heavy (non-hydrogen) atoms. The van der Waals surface area contributed by atoms with Crippen LogP contribution < -0.4 is 10.0 Å². The van der Waals surface area contributed by atoms with Crippen molar-refractivity contribution in [1.29, 1.82) is 0 Å². The van der Waals surface area contributed by atoms with E-state index < -0.39 is 15.8 Å². The van der Waals surface area contributed by atoms with Gasteiger partial charge in [0, 0.05) is 16.6 Å². The summed E-state index contributed by atoms with van der Waals surface area (Å²) in [5.41, 5.74) is 0. The number of piperidine rings is 1. The Bertz CT molecular complexity index is 565. The fourth-order valence-electron chi connectivity index (χ4n) is 2.16. The number of halogens is 2. The van der Waals surface area contributed by atoms with Gasteiger partial charge in [-0.05, 0) is 44.5 Å². The van der Waals surface area contributed by atoms with Crippen LogP contribution in [0.2, 0.25) is 0 Å². The van der Waals surface area contributed by atoms with E-state index in [1.54, 1.807) is 0 Å². The minimum absolute atomic E-state index is 0.0436. The minimum Gasteiger partial charge on any atom is -0.313 e. The summed E-state index contributed by atoms with van der Waals surface area (Å²) >= 11 is 3.11. The summed E-state index contributed by atoms with van der Waals surface area (Å²) in [7, 11) is -3.83. The molecule has 0 bridgehead atoms. The van der Waals surface area contributed by atoms with E-state index in [1.165, 1.54) is 12.1 Å².